The van der Waals surface area contributed by atoms with Crippen molar-refractivity contribution >= 4 is 11.9 Å². The third-order valence-electron chi connectivity index (χ3n) is 2.19. The third kappa shape index (κ3) is 3.80. The van der Waals surface area contributed by atoms with Crippen LogP contribution in [0, 0.1) is 0 Å². The van der Waals surface area contributed by atoms with E-state index >= 15 is 0 Å². The van der Waals surface area contributed by atoms with Crippen molar-refractivity contribution in [2.75, 3.05) is 24.3 Å². The van der Waals surface area contributed by atoms with Crippen LogP contribution in [0.5, 0.6) is 6.01 Å². The molecule has 19 heavy (non-hydrogen) atoms. The quantitative estimate of drug-likeness (QED) is 0.772. The van der Waals surface area contributed by atoms with E-state index in [2.05, 4.69) is 30.7 Å². The first-order valence-corrected chi connectivity index (χ1v) is 6.01. The summed E-state index contributed by atoms with van der Waals surface area (Å²) in [5.41, 5.74) is 0.766. The molecule has 0 fully saturated rings. The third-order valence-corrected chi connectivity index (χ3v) is 2.19. The summed E-state index contributed by atoms with van der Waals surface area (Å²) in [5.74, 6) is 0.872. The van der Waals surface area contributed by atoms with Gasteiger partial charge in [-0.05, 0) is 6.42 Å². The number of nitrogens with zero attached hydrogens (tertiary/aromatic N) is 4. The molecular formula is C11H16N6O2. The lowest BCUT2D eigenvalue weighted by Gasteiger charge is -2.08. The second kappa shape index (κ2) is 6.53. The van der Waals surface area contributed by atoms with Gasteiger partial charge in [0.2, 0.25) is 11.9 Å². The summed E-state index contributed by atoms with van der Waals surface area (Å²) in [5, 5.41) is 9.69. The molecule has 2 heterocycles. The summed E-state index contributed by atoms with van der Waals surface area (Å²) in [7, 11) is 1.74. The minimum absolute atomic E-state index is 0.295. The van der Waals surface area contributed by atoms with Crippen LogP contribution < -0.4 is 15.4 Å². The fourth-order valence-corrected chi connectivity index (χ4v) is 1.30. The number of ether oxygens (including phenoxy) is 1. The minimum Gasteiger partial charge on any atom is -0.463 e. The maximum absolute atomic E-state index is 5.40. The van der Waals surface area contributed by atoms with E-state index in [1.807, 2.05) is 6.92 Å². The number of nitrogens with one attached hydrogen (secondary N) is 2. The normalized spacial score (nSPS) is 10.2. The van der Waals surface area contributed by atoms with Gasteiger partial charge in [-0.25, -0.2) is 0 Å². The van der Waals surface area contributed by atoms with E-state index in [0.29, 0.717) is 31.1 Å². The molecule has 2 rings (SSSR count). The fourth-order valence-electron chi connectivity index (χ4n) is 1.30. The van der Waals surface area contributed by atoms with Crippen molar-refractivity contribution < 1.29 is 9.26 Å². The number of hydrogen-bond donors (Lipinski definition) is 2. The zero-order valence-electron chi connectivity index (χ0n) is 10.9. The Balaban J connectivity index is 2.05. The van der Waals surface area contributed by atoms with Crippen LogP contribution >= 0.6 is 0 Å². The first-order valence-electron chi connectivity index (χ1n) is 6.01. The van der Waals surface area contributed by atoms with Gasteiger partial charge in [0.25, 0.3) is 0 Å². The van der Waals surface area contributed by atoms with E-state index in [4.69, 9.17) is 9.26 Å². The van der Waals surface area contributed by atoms with Gasteiger partial charge in [-0.15, -0.1) is 0 Å². The molecule has 0 aliphatic carbocycles. The van der Waals surface area contributed by atoms with Crippen LogP contribution in [0.15, 0.2) is 16.9 Å². The second-order valence-electron chi connectivity index (χ2n) is 3.71. The maximum Gasteiger partial charge on any atom is 0.323 e. The topological polar surface area (TPSA) is 98.0 Å². The molecule has 0 amide bonds. The van der Waals surface area contributed by atoms with Crippen LogP contribution in [0.1, 0.15) is 19.0 Å². The smallest absolute Gasteiger partial charge is 0.323 e. The van der Waals surface area contributed by atoms with Crippen molar-refractivity contribution in [3.63, 3.8) is 0 Å². The Hall–Kier alpha value is -2.38. The van der Waals surface area contributed by atoms with Crippen molar-refractivity contribution in [1.82, 2.24) is 20.1 Å². The number of rotatable bonds is 7. The van der Waals surface area contributed by atoms with Gasteiger partial charge in [-0.2, -0.15) is 15.0 Å². The number of aromatic nitrogens is 4. The average molecular weight is 264 g/mol. The first-order chi connectivity index (χ1) is 9.31. The molecule has 2 N–H and O–H groups in total. The van der Waals surface area contributed by atoms with Crippen LogP contribution in [-0.2, 0) is 6.54 Å². The molecule has 0 radical (unpaired) electrons. The van der Waals surface area contributed by atoms with Crippen LogP contribution in [0.3, 0.4) is 0 Å². The zero-order valence-corrected chi connectivity index (χ0v) is 10.9. The molecule has 0 unspecified atom stereocenters. The predicted octanol–water partition coefficient (Wildman–Crippen LogP) is 1.30. The molecule has 2 aromatic heterocycles. The van der Waals surface area contributed by atoms with Gasteiger partial charge < -0.3 is 19.9 Å². The highest BCUT2D eigenvalue weighted by molar-refractivity contribution is 5.35. The maximum atomic E-state index is 5.40. The predicted molar refractivity (Wildman–Crippen MR) is 69.0 cm³/mol. The SMILES string of the molecule is CCCOc1nc(NC)nc(NCc2ccon2)n1. The Morgan fingerprint density at radius 2 is 2.11 bits per heavy atom. The van der Waals surface area contributed by atoms with Crippen molar-refractivity contribution in [2.24, 2.45) is 0 Å². The van der Waals surface area contributed by atoms with Crippen molar-refractivity contribution in [3.05, 3.63) is 18.0 Å². The molecule has 0 aliphatic rings. The van der Waals surface area contributed by atoms with Gasteiger partial charge in [0.1, 0.15) is 12.0 Å². The first kappa shape index (κ1) is 13.1. The molecule has 0 atom stereocenters. The van der Waals surface area contributed by atoms with Crippen molar-refractivity contribution in [2.45, 2.75) is 19.9 Å². The summed E-state index contributed by atoms with van der Waals surface area (Å²) in [6.45, 7) is 3.05. The lowest BCUT2D eigenvalue weighted by atomic mass is 10.4. The Labute approximate surface area is 110 Å². The highest BCUT2D eigenvalue weighted by atomic mass is 16.5. The van der Waals surface area contributed by atoms with Gasteiger partial charge >= 0.3 is 6.01 Å². The second-order valence-corrected chi connectivity index (χ2v) is 3.71. The summed E-state index contributed by atoms with van der Waals surface area (Å²) < 4.78 is 10.1. The van der Waals surface area contributed by atoms with Crippen LogP contribution in [0.25, 0.3) is 0 Å². The molecule has 0 bridgehead atoms. The average Bonchev–Trinajstić information content (AvgIpc) is 2.96. The van der Waals surface area contributed by atoms with E-state index in [-0.39, 0.29) is 0 Å². The highest BCUT2D eigenvalue weighted by Gasteiger charge is 2.07. The van der Waals surface area contributed by atoms with Crippen molar-refractivity contribution in [3.8, 4) is 6.01 Å². The van der Waals surface area contributed by atoms with E-state index in [0.717, 1.165) is 12.1 Å². The summed E-state index contributed by atoms with van der Waals surface area (Å²) in [6, 6.07) is 2.06. The van der Waals surface area contributed by atoms with E-state index in [1.165, 1.54) is 6.26 Å². The molecule has 8 heteroatoms. The van der Waals surface area contributed by atoms with Gasteiger partial charge in [-0.3, -0.25) is 0 Å². The highest BCUT2D eigenvalue weighted by Crippen LogP contribution is 2.11. The molecule has 102 valence electrons. The Morgan fingerprint density at radius 1 is 1.26 bits per heavy atom. The minimum atomic E-state index is 0.295. The van der Waals surface area contributed by atoms with E-state index < -0.39 is 0 Å². The Kier molecular flexibility index (Phi) is 4.49. The largest absolute Gasteiger partial charge is 0.463 e. The molecule has 2 aromatic rings. The Morgan fingerprint density at radius 3 is 2.79 bits per heavy atom. The fraction of sp³-hybridized carbons (Fsp3) is 0.455. The summed E-state index contributed by atoms with van der Waals surface area (Å²) in [6.07, 6.45) is 2.40. The summed E-state index contributed by atoms with van der Waals surface area (Å²) >= 11 is 0. The van der Waals surface area contributed by atoms with Gasteiger partial charge in [0.05, 0.1) is 13.2 Å². The number of hydrogen-bond acceptors (Lipinski definition) is 8. The van der Waals surface area contributed by atoms with Gasteiger partial charge in [-0.1, -0.05) is 12.1 Å². The monoisotopic (exact) mass is 264 g/mol. The molecule has 0 saturated heterocycles. The van der Waals surface area contributed by atoms with Crippen LogP contribution in [0.4, 0.5) is 11.9 Å². The van der Waals surface area contributed by atoms with Crippen molar-refractivity contribution in [1.29, 1.82) is 0 Å². The van der Waals surface area contributed by atoms with Crippen LogP contribution in [0.2, 0.25) is 0 Å². The standard InChI is InChI=1S/C11H16N6O2/c1-3-5-18-11-15-9(12-2)14-10(16-11)13-7-8-4-6-19-17-8/h4,6H,3,5,7H2,1-2H3,(H2,12,13,14,15,16). The molecule has 0 aromatic carbocycles. The van der Waals surface area contributed by atoms with Crippen LogP contribution in [-0.4, -0.2) is 33.8 Å². The van der Waals surface area contributed by atoms with Gasteiger partial charge in [0, 0.05) is 13.1 Å². The van der Waals surface area contributed by atoms with Gasteiger partial charge in [0.15, 0.2) is 0 Å². The van der Waals surface area contributed by atoms with E-state index in [9.17, 15) is 0 Å². The lowest BCUT2D eigenvalue weighted by Crippen LogP contribution is -2.09. The number of anilines is 2. The molecular weight excluding hydrogens is 248 g/mol. The van der Waals surface area contributed by atoms with E-state index in [1.54, 1.807) is 13.1 Å². The lowest BCUT2D eigenvalue weighted by molar-refractivity contribution is 0.292. The zero-order chi connectivity index (χ0) is 13.5. The molecule has 0 saturated carbocycles. The molecule has 0 aliphatic heterocycles. The molecule has 0 spiro atoms. The summed E-state index contributed by atoms with van der Waals surface area (Å²) in [4.78, 5) is 12.4. The molecule has 8 nitrogen and oxygen atoms in total. The Bertz CT molecular complexity index is 502.